The van der Waals surface area contributed by atoms with E-state index in [-0.39, 0.29) is 0 Å². The molecule has 1 aromatic carbocycles. The lowest BCUT2D eigenvalue weighted by Crippen LogP contribution is -2.27. The fourth-order valence-electron chi connectivity index (χ4n) is 1.40. The largest absolute Gasteiger partial charge is 0.398 e. The SMILES string of the molecule is Cc1ccc(-n2ccc(=O)[nH]c2=O)cc1N. The highest BCUT2D eigenvalue weighted by atomic mass is 16.2. The molecule has 0 fully saturated rings. The zero-order valence-electron chi connectivity index (χ0n) is 8.73. The number of H-pyrrole nitrogens is 1. The summed E-state index contributed by atoms with van der Waals surface area (Å²) in [6.45, 7) is 1.88. The quantitative estimate of drug-likeness (QED) is 0.679. The van der Waals surface area contributed by atoms with Gasteiger partial charge < -0.3 is 5.73 Å². The van der Waals surface area contributed by atoms with Crippen molar-refractivity contribution < 1.29 is 0 Å². The Bertz CT molecular complexity index is 640. The van der Waals surface area contributed by atoms with E-state index in [2.05, 4.69) is 4.98 Å². The minimum atomic E-state index is -0.476. The van der Waals surface area contributed by atoms with Crippen LogP contribution in [0.2, 0.25) is 0 Å². The maximum Gasteiger partial charge on any atom is 0.332 e. The normalized spacial score (nSPS) is 10.3. The van der Waals surface area contributed by atoms with E-state index in [1.165, 1.54) is 16.8 Å². The van der Waals surface area contributed by atoms with Crippen LogP contribution in [0.3, 0.4) is 0 Å². The van der Waals surface area contributed by atoms with Crippen molar-refractivity contribution in [3.05, 3.63) is 56.9 Å². The average molecular weight is 217 g/mol. The maximum atomic E-state index is 11.5. The van der Waals surface area contributed by atoms with Crippen molar-refractivity contribution in [2.45, 2.75) is 6.92 Å². The molecule has 0 amide bonds. The third-order valence-electron chi connectivity index (χ3n) is 2.36. The van der Waals surface area contributed by atoms with Gasteiger partial charge in [-0.2, -0.15) is 0 Å². The van der Waals surface area contributed by atoms with Gasteiger partial charge in [0.2, 0.25) is 0 Å². The summed E-state index contributed by atoms with van der Waals surface area (Å²) in [5.74, 6) is 0. The number of benzene rings is 1. The lowest BCUT2D eigenvalue weighted by atomic mass is 10.2. The van der Waals surface area contributed by atoms with E-state index >= 15 is 0 Å². The molecule has 2 rings (SSSR count). The predicted molar refractivity (Wildman–Crippen MR) is 61.8 cm³/mol. The summed E-state index contributed by atoms with van der Waals surface area (Å²) in [5, 5.41) is 0. The molecule has 3 N–H and O–H groups in total. The van der Waals surface area contributed by atoms with Crippen LogP contribution in [-0.2, 0) is 0 Å². The highest BCUT2D eigenvalue weighted by molar-refractivity contribution is 5.53. The summed E-state index contributed by atoms with van der Waals surface area (Å²) >= 11 is 0. The molecule has 0 saturated heterocycles. The fraction of sp³-hybridized carbons (Fsp3) is 0.0909. The van der Waals surface area contributed by atoms with Gasteiger partial charge in [0.1, 0.15) is 0 Å². The number of aryl methyl sites for hydroxylation is 1. The number of anilines is 1. The standard InChI is InChI=1S/C11H11N3O2/c1-7-2-3-8(6-9(7)12)14-5-4-10(15)13-11(14)16/h2-6H,12H2,1H3,(H,13,15,16). The number of hydrogen-bond donors (Lipinski definition) is 2. The van der Waals surface area contributed by atoms with Gasteiger partial charge in [-0.15, -0.1) is 0 Å². The van der Waals surface area contributed by atoms with Crippen molar-refractivity contribution in [3.63, 3.8) is 0 Å². The molecule has 0 unspecified atom stereocenters. The second kappa shape index (κ2) is 3.69. The van der Waals surface area contributed by atoms with Crippen molar-refractivity contribution >= 4 is 5.69 Å². The predicted octanol–water partition coefficient (Wildman–Crippen LogP) is 0.416. The average Bonchev–Trinajstić information content (AvgIpc) is 2.22. The highest BCUT2D eigenvalue weighted by Gasteiger charge is 2.01. The Hall–Kier alpha value is -2.30. The van der Waals surface area contributed by atoms with E-state index in [0.717, 1.165) is 5.56 Å². The van der Waals surface area contributed by atoms with Crippen LogP contribution in [-0.4, -0.2) is 9.55 Å². The molecule has 0 atom stereocenters. The van der Waals surface area contributed by atoms with Crippen molar-refractivity contribution in [2.24, 2.45) is 0 Å². The second-order valence-corrected chi connectivity index (χ2v) is 3.52. The molecule has 1 aromatic heterocycles. The van der Waals surface area contributed by atoms with Crippen LogP contribution in [0, 0.1) is 6.92 Å². The summed E-state index contributed by atoms with van der Waals surface area (Å²) in [5.41, 5.74) is 7.04. The van der Waals surface area contributed by atoms with Gasteiger partial charge in [0, 0.05) is 18.0 Å². The molecule has 0 bridgehead atoms. The van der Waals surface area contributed by atoms with Crippen molar-refractivity contribution in [1.82, 2.24) is 9.55 Å². The van der Waals surface area contributed by atoms with E-state index in [0.29, 0.717) is 11.4 Å². The van der Waals surface area contributed by atoms with Gasteiger partial charge in [0.15, 0.2) is 0 Å². The molecule has 5 nitrogen and oxygen atoms in total. The molecule has 0 aliphatic heterocycles. The van der Waals surface area contributed by atoms with Gasteiger partial charge in [-0.1, -0.05) is 6.07 Å². The number of nitrogens with two attached hydrogens (primary N) is 1. The minimum absolute atomic E-state index is 0.415. The van der Waals surface area contributed by atoms with Gasteiger partial charge in [-0.05, 0) is 24.6 Å². The van der Waals surface area contributed by atoms with E-state index in [4.69, 9.17) is 5.73 Å². The number of nitrogens with one attached hydrogen (secondary N) is 1. The van der Waals surface area contributed by atoms with E-state index in [1.54, 1.807) is 12.1 Å². The van der Waals surface area contributed by atoms with Crippen LogP contribution in [0.15, 0.2) is 40.1 Å². The molecule has 0 spiro atoms. The molecule has 0 radical (unpaired) electrons. The van der Waals surface area contributed by atoms with Gasteiger partial charge in [-0.25, -0.2) is 4.79 Å². The van der Waals surface area contributed by atoms with Crippen LogP contribution >= 0.6 is 0 Å². The Balaban J connectivity index is 2.63. The molecule has 16 heavy (non-hydrogen) atoms. The summed E-state index contributed by atoms with van der Waals surface area (Å²) in [7, 11) is 0. The molecule has 5 heteroatoms. The fourth-order valence-corrected chi connectivity index (χ4v) is 1.40. The highest BCUT2D eigenvalue weighted by Crippen LogP contribution is 2.14. The molecule has 82 valence electrons. The molecule has 0 saturated carbocycles. The van der Waals surface area contributed by atoms with Gasteiger partial charge in [-0.3, -0.25) is 14.3 Å². The zero-order chi connectivity index (χ0) is 11.7. The smallest absolute Gasteiger partial charge is 0.332 e. The third-order valence-corrected chi connectivity index (χ3v) is 2.36. The van der Waals surface area contributed by atoms with Crippen LogP contribution in [0.25, 0.3) is 5.69 Å². The number of rotatable bonds is 1. The minimum Gasteiger partial charge on any atom is -0.398 e. The third kappa shape index (κ3) is 1.75. The van der Waals surface area contributed by atoms with E-state index in [9.17, 15) is 9.59 Å². The van der Waals surface area contributed by atoms with Crippen LogP contribution in [0.1, 0.15) is 5.56 Å². The van der Waals surface area contributed by atoms with E-state index in [1.807, 2.05) is 13.0 Å². The summed E-state index contributed by atoms with van der Waals surface area (Å²) < 4.78 is 1.33. The number of nitrogen functional groups attached to an aromatic ring is 1. The Morgan fingerprint density at radius 2 is 2.00 bits per heavy atom. The first-order valence-corrected chi connectivity index (χ1v) is 4.76. The Morgan fingerprint density at radius 1 is 1.25 bits per heavy atom. The summed E-state index contributed by atoms with van der Waals surface area (Å²) in [6.07, 6.45) is 1.42. The molecule has 2 aromatic rings. The molecule has 0 aliphatic carbocycles. The van der Waals surface area contributed by atoms with Crippen molar-refractivity contribution in [3.8, 4) is 5.69 Å². The first-order chi connectivity index (χ1) is 7.58. The van der Waals surface area contributed by atoms with Gasteiger partial charge in [0.05, 0.1) is 5.69 Å². The Kier molecular flexibility index (Phi) is 2.36. The first kappa shape index (κ1) is 10.2. The van der Waals surface area contributed by atoms with Crippen LogP contribution in [0.5, 0.6) is 0 Å². The van der Waals surface area contributed by atoms with Crippen molar-refractivity contribution in [1.29, 1.82) is 0 Å². The van der Waals surface area contributed by atoms with Crippen molar-refractivity contribution in [2.75, 3.05) is 5.73 Å². The Morgan fingerprint density at radius 3 is 2.62 bits per heavy atom. The summed E-state index contributed by atoms with van der Waals surface area (Å²) in [6, 6.07) is 6.57. The maximum absolute atomic E-state index is 11.5. The van der Waals surface area contributed by atoms with Crippen LogP contribution < -0.4 is 17.0 Å². The molecule has 0 aliphatic rings. The number of hydrogen-bond acceptors (Lipinski definition) is 3. The lowest BCUT2D eigenvalue weighted by molar-refractivity contribution is 0.896. The monoisotopic (exact) mass is 217 g/mol. The topological polar surface area (TPSA) is 80.9 Å². The number of aromatic amines is 1. The Labute approximate surface area is 91.2 Å². The molecule has 1 heterocycles. The molecular formula is C11H11N3O2. The number of aromatic nitrogens is 2. The first-order valence-electron chi connectivity index (χ1n) is 4.76. The molecular weight excluding hydrogens is 206 g/mol. The second-order valence-electron chi connectivity index (χ2n) is 3.52. The summed E-state index contributed by atoms with van der Waals surface area (Å²) in [4.78, 5) is 24.6. The number of nitrogens with zero attached hydrogens (tertiary/aromatic N) is 1. The van der Waals surface area contributed by atoms with Gasteiger partial charge in [0.25, 0.3) is 5.56 Å². The van der Waals surface area contributed by atoms with Crippen LogP contribution in [0.4, 0.5) is 5.69 Å². The van der Waals surface area contributed by atoms with E-state index < -0.39 is 11.2 Å². The lowest BCUT2D eigenvalue weighted by Gasteiger charge is -2.06. The van der Waals surface area contributed by atoms with Gasteiger partial charge >= 0.3 is 5.69 Å². The zero-order valence-corrected chi connectivity index (χ0v) is 8.73.